The molecule has 100 valence electrons. The van der Waals surface area contributed by atoms with E-state index < -0.39 is 0 Å². The maximum Gasteiger partial charge on any atom is 0.0576 e. The Morgan fingerprint density at radius 3 is 2.83 bits per heavy atom. The van der Waals surface area contributed by atoms with Crippen molar-refractivity contribution in [2.75, 3.05) is 6.61 Å². The first-order chi connectivity index (χ1) is 8.58. The lowest BCUT2D eigenvalue weighted by atomic mass is 9.95. The normalized spacial score (nSPS) is 21.2. The average Bonchev–Trinajstić information content (AvgIpc) is 2.84. The van der Waals surface area contributed by atoms with E-state index in [-0.39, 0.29) is 6.04 Å². The molecule has 1 aliphatic heterocycles. The van der Waals surface area contributed by atoms with Crippen LogP contribution in [0.3, 0.4) is 0 Å². The van der Waals surface area contributed by atoms with Gasteiger partial charge in [0.05, 0.1) is 6.10 Å². The van der Waals surface area contributed by atoms with E-state index in [0.717, 1.165) is 23.9 Å². The summed E-state index contributed by atoms with van der Waals surface area (Å²) < 4.78 is 6.81. The van der Waals surface area contributed by atoms with Crippen LogP contribution in [0.15, 0.2) is 16.6 Å². The second-order valence-electron chi connectivity index (χ2n) is 5.28. The fourth-order valence-electron chi connectivity index (χ4n) is 2.60. The molecule has 2 N–H and O–H groups in total. The molecule has 1 aliphatic rings. The standard InChI is InChI=1S/C15H22BrNO/c1-10-9-14(16)11(2)8-13(10)15(17)6-5-12-4-3-7-18-12/h8-9,12,15H,3-7,17H2,1-2H3. The molecule has 1 saturated heterocycles. The van der Waals surface area contributed by atoms with Crippen molar-refractivity contribution in [1.29, 1.82) is 0 Å². The number of nitrogens with two attached hydrogens (primary N) is 1. The minimum atomic E-state index is 0.126. The number of hydrogen-bond donors (Lipinski definition) is 1. The van der Waals surface area contributed by atoms with Gasteiger partial charge in [-0.2, -0.15) is 0 Å². The minimum Gasteiger partial charge on any atom is -0.378 e. The van der Waals surface area contributed by atoms with Crippen LogP contribution in [0.2, 0.25) is 0 Å². The first-order valence-electron chi connectivity index (χ1n) is 6.71. The van der Waals surface area contributed by atoms with E-state index in [1.807, 2.05) is 0 Å². The number of rotatable bonds is 4. The molecule has 2 nitrogen and oxygen atoms in total. The second kappa shape index (κ2) is 6.18. The van der Waals surface area contributed by atoms with E-state index in [0.29, 0.717) is 6.10 Å². The zero-order valence-corrected chi connectivity index (χ0v) is 12.8. The van der Waals surface area contributed by atoms with Gasteiger partial charge in [-0.3, -0.25) is 0 Å². The molecule has 0 aromatic heterocycles. The van der Waals surface area contributed by atoms with Gasteiger partial charge in [-0.1, -0.05) is 22.0 Å². The Balaban J connectivity index is 1.99. The van der Waals surface area contributed by atoms with E-state index >= 15 is 0 Å². The first kappa shape index (κ1) is 14.0. The Morgan fingerprint density at radius 2 is 2.17 bits per heavy atom. The first-order valence-corrected chi connectivity index (χ1v) is 7.51. The highest BCUT2D eigenvalue weighted by Gasteiger charge is 2.18. The van der Waals surface area contributed by atoms with Crippen LogP contribution >= 0.6 is 15.9 Å². The summed E-state index contributed by atoms with van der Waals surface area (Å²) >= 11 is 3.56. The van der Waals surface area contributed by atoms with Gasteiger partial charge in [-0.15, -0.1) is 0 Å². The third-order valence-corrected chi connectivity index (χ3v) is 4.62. The second-order valence-corrected chi connectivity index (χ2v) is 6.13. The van der Waals surface area contributed by atoms with Gasteiger partial charge in [0.25, 0.3) is 0 Å². The maximum absolute atomic E-state index is 6.32. The van der Waals surface area contributed by atoms with E-state index in [1.165, 1.54) is 29.5 Å². The van der Waals surface area contributed by atoms with Crippen molar-refractivity contribution in [3.8, 4) is 0 Å². The van der Waals surface area contributed by atoms with Gasteiger partial charge in [-0.25, -0.2) is 0 Å². The van der Waals surface area contributed by atoms with Crippen LogP contribution in [0.5, 0.6) is 0 Å². The van der Waals surface area contributed by atoms with Gasteiger partial charge in [0.15, 0.2) is 0 Å². The Kier molecular flexibility index (Phi) is 4.82. The molecule has 3 heteroatoms. The van der Waals surface area contributed by atoms with E-state index in [2.05, 4.69) is 41.9 Å². The fraction of sp³-hybridized carbons (Fsp3) is 0.600. The van der Waals surface area contributed by atoms with Crippen LogP contribution in [0.4, 0.5) is 0 Å². The summed E-state index contributed by atoms with van der Waals surface area (Å²) in [6.45, 7) is 5.17. The van der Waals surface area contributed by atoms with Crippen LogP contribution in [-0.4, -0.2) is 12.7 Å². The smallest absolute Gasteiger partial charge is 0.0576 e. The highest BCUT2D eigenvalue weighted by atomic mass is 79.9. The number of hydrogen-bond acceptors (Lipinski definition) is 2. The molecular weight excluding hydrogens is 290 g/mol. The maximum atomic E-state index is 6.32. The van der Waals surface area contributed by atoms with Gasteiger partial charge >= 0.3 is 0 Å². The van der Waals surface area contributed by atoms with Crippen LogP contribution in [0.25, 0.3) is 0 Å². The van der Waals surface area contributed by atoms with Crippen molar-refractivity contribution in [2.24, 2.45) is 5.73 Å². The number of halogens is 1. The molecule has 1 aromatic rings. The summed E-state index contributed by atoms with van der Waals surface area (Å²) in [5.41, 5.74) is 10.1. The predicted molar refractivity (Wildman–Crippen MR) is 78.8 cm³/mol. The van der Waals surface area contributed by atoms with E-state index in [1.54, 1.807) is 0 Å². The molecule has 0 saturated carbocycles. The molecule has 18 heavy (non-hydrogen) atoms. The number of benzene rings is 1. The molecular formula is C15H22BrNO. The van der Waals surface area contributed by atoms with Crippen molar-refractivity contribution in [2.45, 2.75) is 51.7 Å². The third-order valence-electron chi connectivity index (χ3n) is 3.77. The Hall–Kier alpha value is -0.380. The zero-order valence-electron chi connectivity index (χ0n) is 11.2. The predicted octanol–water partition coefficient (Wildman–Crippen LogP) is 4.02. The van der Waals surface area contributed by atoms with E-state index in [9.17, 15) is 0 Å². The lowest BCUT2D eigenvalue weighted by Gasteiger charge is -2.18. The third kappa shape index (κ3) is 3.34. The lowest BCUT2D eigenvalue weighted by Crippen LogP contribution is -2.15. The largest absolute Gasteiger partial charge is 0.378 e. The summed E-state index contributed by atoms with van der Waals surface area (Å²) in [6, 6.07) is 4.50. The Morgan fingerprint density at radius 1 is 1.39 bits per heavy atom. The lowest BCUT2D eigenvalue weighted by molar-refractivity contribution is 0.101. The summed E-state index contributed by atoms with van der Waals surface area (Å²) in [6.07, 6.45) is 4.93. The van der Waals surface area contributed by atoms with Gasteiger partial charge in [0, 0.05) is 17.1 Å². The molecule has 0 amide bonds. The zero-order chi connectivity index (χ0) is 13.1. The van der Waals surface area contributed by atoms with Crippen LogP contribution in [-0.2, 0) is 4.74 Å². The van der Waals surface area contributed by atoms with Crippen LogP contribution in [0, 0.1) is 13.8 Å². The molecule has 0 bridgehead atoms. The topological polar surface area (TPSA) is 35.2 Å². The summed E-state index contributed by atoms with van der Waals surface area (Å²) in [7, 11) is 0. The average molecular weight is 312 g/mol. The van der Waals surface area contributed by atoms with Gasteiger partial charge in [-0.05, 0) is 62.3 Å². The summed E-state index contributed by atoms with van der Waals surface area (Å²) in [4.78, 5) is 0. The van der Waals surface area contributed by atoms with Crippen LogP contribution < -0.4 is 5.73 Å². The SMILES string of the molecule is Cc1cc(C(N)CCC2CCCO2)c(C)cc1Br. The molecule has 2 atom stereocenters. The summed E-state index contributed by atoms with van der Waals surface area (Å²) in [5, 5.41) is 0. The van der Waals surface area contributed by atoms with Crippen molar-refractivity contribution in [3.63, 3.8) is 0 Å². The minimum absolute atomic E-state index is 0.126. The molecule has 0 aliphatic carbocycles. The van der Waals surface area contributed by atoms with Gasteiger partial charge in [0.2, 0.25) is 0 Å². The van der Waals surface area contributed by atoms with E-state index in [4.69, 9.17) is 10.5 Å². The molecule has 1 fully saturated rings. The van der Waals surface area contributed by atoms with Crippen molar-refractivity contribution in [1.82, 2.24) is 0 Å². The Labute approximate surface area is 118 Å². The molecule has 1 heterocycles. The van der Waals surface area contributed by atoms with Gasteiger partial charge in [0.1, 0.15) is 0 Å². The highest BCUT2D eigenvalue weighted by molar-refractivity contribution is 9.10. The van der Waals surface area contributed by atoms with Crippen LogP contribution in [0.1, 0.15) is 48.4 Å². The summed E-state index contributed by atoms with van der Waals surface area (Å²) in [5.74, 6) is 0. The molecule has 0 radical (unpaired) electrons. The van der Waals surface area contributed by atoms with Crippen molar-refractivity contribution in [3.05, 3.63) is 33.3 Å². The van der Waals surface area contributed by atoms with Crippen molar-refractivity contribution < 1.29 is 4.74 Å². The fourth-order valence-corrected chi connectivity index (χ4v) is 3.05. The quantitative estimate of drug-likeness (QED) is 0.911. The number of aryl methyl sites for hydroxylation is 2. The van der Waals surface area contributed by atoms with Crippen molar-refractivity contribution >= 4 is 15.9 Å². The number of ether oxygens (including phenoxy) is 1. The Bertz CT molecular complexity index is 413. The molecule has 2 unspecified atom stereocenters. The molecule has 0 spiro atoms. The highest BCUT2D eigenvalue weighted by Crippen LogP contribution is 2.28. The monoisotopic (exact) mass is 311 g/mol. The van der Waals surface area contributed by atoms with Gasteiger partial charge < -0.3 is 10.5 Å². The molecule has 2 rings (SSSR count). The molecule has 1 aromatic carbocycles.